The van der Waals surface area contributed by atoms with Crippen molar-refractivity contribution in [3.05, 3.63) is 39.0 Å². The van der Waals surface area contributed by atoms with Crippen molar-refractivity contribution in [2.24, 2.45) is 0 Å². The van der Waals surface area contributed by atoms with E-state index >= 15 is 0 Å². The van der Waals surface area contributed by atoms with Gasteiger partial charge in [0.2, 0.25) is 5.91 Å². The maximum absolute atomic E-state index is 11.9. The number of amides is 1. The second-order valence-corrected chi connectivity index (χ2v) is 5.46. The van der Waals surface area contributed by atoms with Crippen molar-refractivity contribution in [3.63, 3.8) is 0 Å². The Morgan fingerprint density at radius 1 is 1.30 bits per heavy atom. The number of aromatic carboxylic acids is 1. The first kappa shape index (κ1) is 14.7. The van der Waals surface area contributed by atoms with Crippen LogP contribution in [0.25, 0.3) is 0 Å². The molecule has 104 valence electrons. The molecule has 0 bridgehead atoms. The van der Waals surface area contributed by atoms with Gasteiger partial charge in [-0.15, -0.1) is 5.10 Å². The molecule has 0 aliphatic rings. The van der Waals surface area contributed by atoms with E-state index in [1.165, 1.54) is 6.20 Å². The SMILES string of the molecule is O=C(Cn1cc(C(=O)O)nn1)Nc1c(Br)cccc1Br. The lowest BCUT2D eigenvalue weighted by Crippen LogP contribution is -2.19. The predicted octanol–water partition coefficient (Wildman–Crippen LogP) is 2.14. The summed E-state index contributed by atoms with van der Waals surface area (Å²) in [7, 11) is 0. The quantitative estimate of drug-likeness (QED) is 0.814. The van der Waals surface area contributed by atoms with Crippen molar-refractivity contribution in [2.75, 3.05) is 5.32 Å². The van der Waals surface area contributed by atoms with Gasteiger partial charge in [0.1, 0.15) is 6.54 Å². The zero-order valence-electron chi connectivity index (χ0n) is 9.88. The topological polar surface area (TPSA) is 97.1 Å². The summed E-state index contributed by atoms with van der Waals surface area (Å²) in [4.78, 5) is 22.5. The van der Waals surface area contributed by atoms with Crippen molar-refractivity contribution in [2.45, 2.75) is 6.54 Å². The minimum atomic E-state index is -1.19. The van der Waals surface area contributed by atoms with Crippen LogP contribution in [0.4, 0.5) is 5.69 Å². The maximum Gasteiger partial charge on any atom is 0.358 e. The van der Waals surface area contributed by atoms with Crippen molar-refractivity contribution < 1.29 is 14.7 Å². The molecule has 2 aromatic rings. The fraction of sp³-hybridized carbons (Fsp3) is 0.0909. The lowest BCUT2D eigenvalue weighted by Gasteiger charge is -2.09. The smallest absolute Gasteiger partial charge is 0.358 e. The van der Waals surface area contributed by atoms with Gasteiger partial charge in [-0.25, -0.2) is 9.48 Å². The molecular formula is C11H8Br2N4O3. The molecule has 0 saturated carbocycles. The highest BCUT2D eigenvalue weighted by Gasteiger charge is 2.12. The number of anilines is 1. The number of benzene rings is 1. The van der Waals surface area contributed by atoms with Gasteiger partial charge in [0.25, 0.3) is 0 Å². The zero-order valence-corrected chi connectivity index (χ0v) is 13.0. The first-order valence-electron chi connectivity index (χ1n) is 5.34. The fourth-order valence-electron chi connectivity index (χ4n) is 1.42. The molecule has 0 fully saturated rings. The van der Waals surface area contributed by atoms with Gasteiger partial charge < -0.3 is 10.4 Å². The Labute approximate surface area is 130 Å². The minimum absolute atomic E-state index is 0.131. The lowest BCUT2D eigenvalue weighted by atomic mass is 10.3. The summed E-state index contributed by atoms with van der Waals surface area (Å²) in [5, 5.41) is 18.4. The van der Waals surface area contributed by atoms with E-state index in [0.717, 1.165) is 13.6 Å². The molecule has 7 nitrogen and oxygen atoms in total. The number of para-hydroxylation sites is 1. The van der Waals surface area contributed by atoms with E-state index in [4.69, 9.17) is 5.11 Å². The average molecular weight is 404 g/mol. The van der Waals surface area contributed by atoms with Gasteiger partial charge in [-0.05, 0) is 44.0 Å². The molecule has 0 aliphatic heterocycles. The van der Waals surface area contributed by atoms with E-state index in [1.54, 1.807) is 12.1 Å². The number of carboxylic acid groups (broad SMARTS) is 1. The summed E-state index contributed by atoms with van der Waals surface area (Å²) in [6.45, 7) is -0.131. The largest absolute Gasteiger partial charge is 0.476 e. The molecule has 9 heteroatoms. The number of carbonyl (C=O) groups is 2. The van der Waals surface area contributed by atoms with Gasteiger partial charge in [-0.2, -0.15) is 0 Å². The summed E-state index contributed by atoms with van der Waals surface area (Å²) in [6, 6.07) is 5.40. The molecule has 2 N–H and O–H groups in total. The van der Waals surface area contributed by atoms with Crippen LogP contribution in [0.15, 0.2) is 33.3 Å². The summed E-state index contributed by atoms with van der Waals surface area (Å²) < 4.78 is 2.61. The molecule has 0 spiro atoms. The van der Waals surface area contributed by atoms with E-state index in [0.29, 0.717) is 5.69 Å². The third-order valence-corrected chi connectivity index (χ3v) is 3.61. The molecule has 1 aromatic heterocycles. The number of halogens is 2. The molecule has 0 saturated heterocycles. The number of hydrogen-bond acceptors (Lipinski definition) is 4. The van der Waals surface area contributed by atoms with Crippen molar-refractivity contribution in [1.29, 1.82) is 0 Å². The average Bonchev–Trinajstić information content (AvgIpc) is 2.82. The molecule has 1 amide bonds. The molecule has 1 aromatic carbocycles. The highest BCUT2D eigenvalue weighted by atomic mass is 79.9. The first-order chi connectivity index (χ1) is 9.47. The van der Waals surface area contributed by atoms with Crippen LogP contribution in [0.3, 0.4) is 0 Å². The molecule has 0 unspecified atom stereocenters. The van der Waals surface area contributed by atoms with Crippen molar-refractivity contribution in [3.8, 4) is 0 Å². The lowest BCUT2D eigenvalue weighted by molar-refractivity contribution is -0.116. The van der Waals surface area contributed by atoms with Crippen molar-refractivity contribution in [1.82, 2.24) is 15.0 Å². The van der Waals surface area contributed by atoms with Crippen LogP contribution >= 0.6 is 31.9 Å². The highest BCUT2D eigenvalue weighted by Crippen LogP contribution is 2.30. The normalized spacial score (nSPS) is 10.3. The summed E-state index contributed by atoms with van der Waals surface area (Å²) in [5.74, 6) is -1.54. The monoisotopic (exact) mass is 402 g/mol. The number of hydrogen-bond donors (Lipinski definition) is 2. The van der Waals surface area contributed by atoms with E-state index in [-0.39, 0.29) is 18.1 Å². The number of aromatic nitrogens is 3. The second-order valence-electron chi connectivity index (χ2n) is 3.75. The molecule has 0 radical (unpaired) electrons. The van der Waals surface area contributed by atoms with Gasteiger partial charge in [-0.1, -0.05) is 11.3 Å². The van der Waals surface area contributed by atoms with Crippen LogP contribution < -0.4 is 5.32 Å². The fourth-order valence-corrected chi connectivity index (χ4v) is 2.61. The molecule has 0 aliphatic carbocycles. The van der Waals surface area contributed by atoms with Gasteiger partial charge in [-0.3, -0.25) is 4.79 Å². The predicted molar refractivity (Wildman–Crippen MR) is 77.5 cm³/mol. The van der Waals surface area contributed by atoms with E-state index < -0.39 is 5.97 Å². The van der Waals surface area contributed by atoms with Crippen LogP contribution in [0, 0.1) is 0 Å². The van der Waals surface area contributed by atoms with Gasteiger partial charge >= 0.3 is 5.97 Å². The molecule has 20 heavy (non-hydrogen) atoms. The molecule has 2 rings (SSSR count). The Hall–Kier alpha value is -1.74. The van der Waals surface area contributed by atoms with E-state index in [1.807, 2.05) is 6.07 Å². The minimum Gasteiger partial charge on any atom is -0.476 e. The summed E-state index contributed by atoms with van der Waals surface area (Å²) in [6.07, 6.45) is 1.19. The summed E-state index contributed by atoms with van der Waals surface area (Å²) in [5.41, 5.74) is 0.385. The van der Waals surface area contributed by atoms with Gasteiger partial charge in [0, 0.05) is 8.95 Å². The van der Waals surface area contributed by atoms with E-state index in [2.05, 4.69) is 47.5 Å². The standard InChI is InChI=1S/C11H8Br2N4O3/c12-6-2-1-3-7(13)10(6)14-9(18)5-17-4-8(11(19)20)15-16-17/h1-4H,5H2,(H,14,18)(H,19,20). The zero-order chi connectivity index (χ0) is 14.7. The van der Waals surface area contributed by atoms with Gasteiger partial charge in [0.05, 0.1) is 11.9 Å². The Bertz CT molecular complexity index is 651. The highest BCUT2D eigenvalue weighted by molar-refractivity contribution is 9.11. The first-order valence-corrected chi connectivity index (χ1v) is 6.93. The Balaban J connectivity index is 2.07. The number of nitrogens with one attached hydrogen (secondary N) is 1. The van der Waals surface area contributed by atoms with Crippen molar-refractivity contribution >= 4 is 49.4 Å². The third kappa shape index (κ3) is 3.42. The Morgan fingerprint density at radius 2 is 1.95 bits per heavy atom. The number of nitrogens with zero attached hydrogens (tertiary/aromatic N) is 3. The molecule has 0 atom stereocenters. The maximum atomic E-state index is 11.9. The van der Waals surface area contributed by atoms with Gasteiger partial charge in [0.15, 0.2) is 5.69 Å². The van der Waals surface area contributed by atoms with Crippen LogP contribution in [-0.2, 0) is 11.3 Å². The molecular weight excluding hydrogens is 396 g/mol. The Kier molecular flexibility index (Phi) is 4.50. The Morgan fingerprint density at radius 3 is 2.50 bits per heavy atom. The molecule has 1 heterocycles. The van der Waals surface area contributed by atoms with Crippen LogP contribution in [0.5, 0.6) is 0 Å². The van der Waals surface area contributed by atoms with Crippen LogP contribution in [0.1, 0.15) is 10.5 Å². The second kappa shape index (κ2) is 6.14. The number of carbonyl (C=O) groups excluding carboxylic acids is 1. The number of rotatable bonds is 4. The summed E-state index contributed by atoms with van der Waals surface area (Å²) >= 11 is 6.65. The van der Waals surface area contributed by atoms with Crippen LogP contribution in [-0.4, -0.2) is 32.0 Å². The number of carboxylic acids is 1. The van der Waals surface area contributed by atoms with Crippen LogP contribution in [0.2, 0.25) is 0 Å². The third-order valence-electron chi connectivity index (χ3n) is 2.29. The van der Waals surface area contributed by atoms with E-state index in [9.17, 15) is 9.59 Å².